The summed E-state index contributed by atoms with van der Waals surface area (Å²) in [5.74, 6) is 0. The van der Waals surface area contributed by atoms with Crippen LogP contribution in [0.5, 0.6) is 0 Å². The summed E-state index contributed by atoms with van der Waals surface area (Å²) < 4.78 is 35.2. The van der Waals surface area contributed by atoms with Crippen LogP contribution in [-0.2, 0) is 10.1 Å². The zero-order valence-corrected chi connectivity index (χ0v) is 19.9. The van der Waals surface area contributed by atoms with E-state index in [0.717, 1.165) is 11.1 Å². The first kappa shape index (κ1) is 23.9. The van der Waals surface area contributed by atoms with E-state index >= 15 is 0 Å². The summed E-state index contributed by atoms with van der Waals surface area (Å²) in [7, 11) is -4.63. The number of benzene rings is 3. The van der Waals surface area contributed by atoms with Crippen LogP contribution in [0.3, 0.4) is 0 Å². The zero-order chi connectivity index (χ0) is 20.1. The third kappa shape index (κ3) is 7.12. The average molecular weight is 453 g/mol. The van der Waals surface area contributed by atoms with E-state index in [-0.39, 0.29) is 34.5 Å². The first-order valence-electron chi connectivity index (χ1n) is 8.28. The summed E-state index contributed by atoms with van der Waals surface area (Å²) in [5.41, 5.74) is 2.68. The van der Waals surface area contributed by atoms with Crippen molar-refractivity contribution in [3.05, 3.63) is 99.0 Å². The Kier molecular flexibility index (Phi) is 8.73. The van der Waals surface area contributed by atoms with E-state index < -0.39 is 10.1 Å². The Morgan fingerprint density at radius 2 is 1.07 bits per heavy atom. The third-order valence-electron chi connectivity index (χ3n) is 3.97. The number of hydrogen-bond acceptors (Lipinski definition) is 3. The van der Waals surface area contributed by atoms with Crippen LogP contribution in [0.4, 0.5) is 0 Å². The molecule has 7 heteroatoms. The van der Waals surface area contributed by atoms with Gasteiger partial charge in [0, 0.05) is 10.0 Å². The summed E-state index contributed by atoms with van der Waals surface area (Å²) in [5, 5.41) is 1.24. The quantitative estimate of drug-likeness (QED) is 0.339. The number of halogens is 2. The summed E-state index contributed by atoms with van der Waals surface area (Å²) in [6, 6.07) is 19.0. The van der Waals surface area contributed by atoms with Crippen molar-refractivity contribution in [1.29, 1.82) is 0 Å². The van der Waals surface area contributed by atoms with Gasteiger partial charge in [0.05, 0.1) is 4.90 Å². The molecule has 0 bridgehead atoms. The monoisotopic (exact) mass is 452 g/mol. The van der Waals surface area contributed by atoms with Crippen molar-refractivity contribution < 1.29 is 42.5 Å². The Morgan fingerprint density at radius 1 is 0.655 bits per heavy atom. The maximum atomic E-state index is 11.7. The predicted octanol–water partition coefficient (Wildman–Crippen LogP) is 3.24. The maximum Gasteiger partial charge on any atom is 1.00 e. The van der Waals surface area contributed by atoms with E-state index in [0.29, 0.717) is 21.2 Å². The molecule has 0 saturated heterocycles. The number of rotatable bonds is 5. The van der Waals surface area contributed by atoms with Crippen LogP contribution in [-0.4, -0.2) is 13.0 Å². The topological polar surface area (TPSA) is 57.2 Å². The fourth-order valence-electron chi connectivity index (χ4n) is 2.54. The normalized spacial score (nSPS) is 11.7. The van der Waals surface area contributed by atoms with Gasteiger partial charge in [-0.3, -0.25) is 0 Å². The fourth-order valence-corrected chi connectivity index (χ4v) is 3.49. The molecule has 0 heterocycles. The molecule has 0 amide bonds. The Bertz CT molecular complexity index is 1140. The van der Waals surface area contributed by atoms with E-state index in [2.05, 4.69) is 0 Å². The van der Waals surface area contributed by atoms with Gasteiger partial charge in [0.15, 0.2) is 0 Å². The van der Waals surface area contributed by atoms with Gasteiger partial charge in [-0.05, 0) is 52.6 Å². The Morgan fingerprint density at radius 3 is 1.55 bits per heavy atom. The summed E-state index contributed by atoms with van der Waals surface area (Å²) in [4.78, 5) is -0.268. The second-order valence-corrected chi connectivity index (χ2v) is 8.24. The van der Waals surface area contributed by atoms with Crippen molar-refractivity contribution in [1.82, 2.24) is 0 Å². The smallest absolute Gasteiger partial charge is 0.744 e. The second-order valence-electron chi connectivity index (χ2n) is 6.02. The molecule has 3 aromatic carbocycles. The molecule has 29 heavy (non-hydrogen) atoms. The molecule has 3 aromatic rings. The van der Waals surface area contributed by atoms with E-state index in [1.165, 1.54) is 6.07 Å². The first-order chi connectivity index (χ1) is 13.3. The summed E-state index contributed by atoms with van der Waals surface area (Å²) >= 11 is 11.7. The summed E-state index contributed by atoms with van der Waals surface area (Å²) in [6.07, 6.45) is 6.88. The van der Waals surface area contributed by atoms with Crippen molar-refractivity contribution in [2.24, 2.45) is 0 Å². The molecule has 0 atom stereocenters. The van der Waals surface area contributed by atoms with Crippen molar-refractivity contribution in [2.45, 2.75) is 4.90 Å². The molecule has 0 aromatic heterocycles. The van der Waals surface area contributed by atoms with E-state index in [4.69, 9.17) is 23.2 Å². The van der Waals surface area contributed by atoms with Crippen LogP contribution in [0.15, 0.2) is 71.6 Å². The standard InChI is InChI=1S/C22H16Cl2O3S.Na/c23-20-11-5-16(6-12-20)1-2-18-4-10-19(22(15-18)28(25,26)27)9-3-17-7-13-21(24)14-8-17;/h1-15H,(H,25,26,27);/q;+1/p-1. The maximum absolute atomic E-state index is 11.7. The van der Waals surface area contributed by atoms with Crippen LogP contribution >= 0.6 is 23.2 Å². The summed E-state index contributed by atoms with van der Waals surface area (Å²) in [6.45, 7) is 0. The third-order valence-corrected chi connectivity index (χ3v) is 5.37. The van der Waals surface area contributed by atoms with Crippen LogP contribution < -0.4 is 29.6 Å². The van der Waals surface area contributed by atoms with E-state index in [1.54, 1.807) is 66.8 Å². The molecule has 0 spiro atoms. The first-order valence-corrected chi connectivity index (χ1v) is 10.4. The van der Waals surface area contributed by atoms with Crippen molar-refractivity contribution in [2.75, 3.05) is 0 Å². The SMILES string of the molecule is O=S(=O)([O-])c1cc(C=Cc2ccc(Cl)cc2)ccc1C=Cc1ccc(Cl)cc1.[Na+]. The number of hydrogen-bond donors (Lipinski definition) is 0. The molecule has 0 N–H and O–H groups in total. The molecular formula is C22H15Cl2NaO3S. The zero-order valence-electron chi connectivity index (χ0n) is 15.5. The van der Waals surface area contributed by atoms with Gasteiger partial charge in [0.25, 0.3) is 0 Å². The minimum Gasteiger partial charge on any atom is -0.744 e. The Balaban J connectivity index is 0.00000300. The largest absolute Gasteiger partial charge is 1.00 e. The second kappa shape index (κ2) is 10.6. The van der Waals surface area contributed by atoms with Gasteiger partial charge >= 0.3 is 29.6 Å². The van der Waals surface area contributed by atoms with Gasteiger partial charge in [-0.1, -0.05) is 83.9 Å². The molecule has 0 saturated carbocycles. The van der Waals surface area contributed by atoms with Crippen molar-refractivity contribution >= 4 is 57.6 Å². The fraction of sp³-hybridized carbons (Fsp3) is 0. The van der Waals surface area contributed by atoms with Gasteiger partial charge in [-0.2, -0.15) is 0 Å². The molecule has 0 unspecified atom stereocenters. The van der Waals surface area contributed by atoms with Gasteiger partial charge in [-0.15, -0.1) is 0 Å². The molecule has 0 fully saturated rings. The van der Waals surface area contributed by atoms with Crippen molar-refractivity contribution in [3.8, 4) is 0 Å². The van der Waals surface area contributed by atoms with Crippen LogP contribution in [0.25, 0.3) is 24.3 Å². The molecule has 0 aliphatic carbocycles. The predicted molar refractivity (Wildman–Crippen MR) is 115 cm³/mol. The Labute approximate surface area is 202 Å². The molecule has 142 valence electrons. The van der Waals surface area contributed by atoms with Crippen LogP contribution in [0, 0.1) is 0 Å². The molecular weight excluding hydrogens is 438 g/mol. The minimum atomic E-state index is -4.63. The van der Waals surface area contributed by atoms with Gasteiger partial charge in [0.1, 0.15) is 10.1 Å². The van der Waals surface area contributed by atoms with E-state index in [9.17, 15) is 13.0 Å². The van der Waals surface area contributed by atoms with Crippen molar-refractivity contribution in [3.63, 3.8) is 0 Å². The molecule has 0 radical (unpaired) electrons. The minimum absolute atomic E-state index is 0. The molecule has 3 nitrogen and oxygen atoms in total. The average Bonchev–Trinajstić information content (AvgIpc) is 2.67. The van der Waals surface area contributed by atoms with Gasteiger partial charge in [0.2, 0.25) is 0 Å². The van der Waals surface area contributed by atoms with Gasteiger partial charge < -0.3 is 4.55 Å². The van der Waals surface area contributed by atoms with E-state index in [1.807, 2.05) is 18.2 Å². The van der Waals surface area contributed by atoms with Gasteiger partial charge in [-0.25, -0.2) is 8.42 Å². The molecule has 0 aliphatic heterocycles. The van der Waals surface area contributed by atoms with Crippen LogP contribution in [0.1, 0.15) is 22.3 Å². The molecule has 3 rings (SSSR count). The Hall–Kier alpha value is -1.37. The molecule has 0 aliphatic rings. The van der Waals surface area contributed by atoms with Crippen LogP contribution in [0.2, 0.25) is 10.0 Å².